The number of ether oxygens (including phenoxy) is 1. The van der Waals surface area contributed by atoms with Crippen LogP contribution >= 0.6 is 7.82 Å². The van der Waals surface area contributed by atoms with Crippen molar-refractivity contribution in [3.63, 3.8) is 0 Å². The zero-order valence-electron chi connectivity index (χ0n) is 6.86. The number of phosphoric acid groups is 1. The number of halogens is 1. The standard InChI is InChI=1S/C5H10FO7P/c6-5-4(8)3(7)2(13-5)1-12-14(9,10)11/h2-5,7-8H,1H2,(H2,9,10,11)/t2-,3?,4+,5-/m1/s1. The van der Waals surface area contributed by atoms with Gasteiger partial charge in [-0.3, -0.25) is 4.52 Å². The molecule has 9 heteroatoms. The Morgan fingerprint density at radius 2 is 1.93 bits per heavy atom. The third kappa shape index (κ3) is 2.96. The Bertz CT molecular complexity index is 242. The molecule has 1 aliphatic heterocycles. The smallest absolute Gasteiger partial charge is 0.387 e. The number of rotatable bonds is 3. The van der Waals surface area contributed by atoms with Crippen LogP contribution in [-0.4, -0.2) is 51.3 Å². The minimum atomic E-state index is -4.68. The molecular weight excluding hydrogens is 222 g/mol. The number of hydrogen-bond donors (Lipinski definition) is 4. The molecule has 1 heterocycles. The van der Waals surface area contributed by atoms with Crippen LogP contribution < -0.4 is 0 Å². The van der Waals surface area contributed by atoms with Gasteiger partial charge in [-0.05, 0) is 0 Å². The Labute approximate surface area is 78.3 Å². The molecule has 1 aliphatic rings. The van der Waals surface area contributed by atoms with Crippen molar-refractivity contribution in [2.24, 2.45) is 0 Å². The fourth-order valence-electron chi connectivity index (χ4n) is 1.01. The van der Waals surface area contributed by atoms with E-state index in [1.165, 1.54) is 0 Å². The van der Waals surface area contributed by atoms with Gasteiger partial charge in [-0.1, -0.05) is 0 Å². The Hall–Kier alpha value is -0.0800. The van der Waals surface area contributed by atoms with Crippen LogP contribution in [0.4, 0.5) is 4.39 Å². The van der Waals surface area contributed by atoms with Crippen molar-refractivity contribution in [3.05, 3.63) is 0 Å². The molecule has 14 heavy (non-hydrogen) atoms. The molecule has 0 amide bonds. The van der Waals surface area contributed by atoms with E-state index in [1.54, 1.807) is 0 Å². The first-order valence-corrected chi connectivity index (χ1v) is 5.20. The van der Waals surface area contributed by atoms with Gasteiger partial charge in [0.25, 0.3) is 0 Å². The SMILES string of the molecule is O=P(O)(O)OC[C@H]1O[C@@H](F)[C@@H](O)C1O. The van der Waals surface area contributed by atoms with Crippen LogP contribution in [-0.2, 0) is 13.8 Å². The van der Waals surface area contributed by atoms with Gasteiger partial charge in [-0.25, -0.2) is 8.96 Å². The summed E-state index contributed by atoms with van der Waals surface area (Å²) >= 11 is 0. The first-order chi connectivity index (χ1) is 6.31. The molecule has 0 aromatic rings. The molecule has 0 radical (unpaired) electrons. The third-order valence-corrected chi connectivity index (χ3v) is 2.20. The van der Waals surface area contributed by atoms with Crippen LogP contribution in [0.25, 0.3) is 0 Å². The van der Waals surface area contributed by atoms with E-state index in [1.807, 2.05) is 0 Å². The number of phosphoric ester groups is 1. The Morgan fingerprint density at radius 1 is 1.36 bits per heavy atom. The van der Waals surface area contributed by atoms with Crippen LogP contribution in [0.2, 0.25) is 0 Å². The van der Waals surface area contributed by atoms with Gasteiger partial charge in [0.15, 0.2) is 0 Å². The Morgan fingerprint density at radius 3 is 2.29 bits per heavy atom. The lowest BCUT2D eigenvalue weighted by Crippen LogP contribution is -2.33. The first-order valence-electron chi connectivity index (χ1n) is 3.67. The number of aliphatic hydroxyl groups excluding tert-OH is 2. The quantitative estimate of drug-likeness (QED) is 0.438. The van der Waals surface area contributed by atoms with E-state index in [-0.39, 0.29) is 0 Å². The van der Waals surface area contributed by atoms with E-state index in [2.05, 4.69) is 9.26 Å². The van der Waals surface area contributed by atoms with Gasteiger partial charge in [0, 0.05) is 0 Å². The van der Waals surface area contributed by atoms with Gasteiger partial charge >= 0.3 is 7.82 Å². The largest absolute Gasteiger partial charge is 0.469 e. The van der Waals surface area contributed by atoms with Gasteiger partial charge in [-0.2, -0.15) is 0 Å². The fraction of sp³-hybridized carbons (Fsp3) is 1.00. The monoisotopic (exact) mass is 232 g/mol. The lowest BCUT2D eigenvalue weighted by atomic mass is 10.1. The second kappa shape index (κ2) is 4.19. The summed E-state index contributed by atoms with van der Waals surface area (Å²) in [5.74, 6) is 0. The van der Waals surface area contributed by atoms with Gasteiger partial charge < -0.3 is 24.7 Å². The van der Waals surface area contributed by atoms with E-state index in [9.17, 15) is 8.96 Å². The molecule has 0 aromatic heterocycles. The van der Waals surface area contributed by atoms with E-state index in [0.717, 1.165) is 0 Å². The summed E-state index contributed by atoms with van der Waals surface area (Å²) in [4.78, 5) is 16.6. The van der Waals surface area contributed by atoms with Crippen molar-refractivity contribution < 1.29 is 38.2 Å². The molecule has 0 bridgehead atoms. The van der Waals surface area contributed by atoms with E-state index >= 15 is 0 Å². The van der Waals surface area contributed by atoms with Crippen LogP contribution in [0.15, 0.2) is 0 Å². The molecule has 1 fully saturated rings. The van der Waals surface area contributed by atoms with Crippen LogP contribution in [0, 0.1) is 0 Å². The average molecular weight is 232 g/mol. The molecule has 1 rings (SSSR count). The summed E-state index contributed by atoms with van der Waals surface area (Å²) in [6.45, 7) is -0.692. The predicted molar refractivity (Wildman–Crippen MR) is 39.8 cm³/mol. The molecule has 0 aromatic carbocycles. The minimum absolute atomic E-state index is 0.692. The maximum Gasteiger partial charge on any atom is 0.469 e. The van der Waals surface area contributed by atoms with Crippen molar-refractivity contribution in [2.75, 3.05) is 6.61 Å². The summed E-state index contributed by atoms with van der Waals surface area (Å²) in [6, 6.07) is 0. The van der Waals surface area contributed by atoms with E-state index in [4.69, 9.17) is 20.0 Å². The fourth-order valence-corrected chi connectivity index (χ4v) is 1.35. The summed E-state index contributed by atoms with van der Waals surface area (Å²) in [5.41, 5.74) is 0. The van der Waals surface area contributed by atoms with Gasteiger partial charge in [0.1, 0.15) is 18.3 Å². The Kier molecular flexibility index (Phi) is 3.59. The van der Waals surface area contributed by atoms with Crippen molar-refractivity contribution in [1.82, 2.24) is 0 Å². The summed E-state index contributed by atoms with van der Waals surface area (Å²) in [6.07, 6.45) is -6.64. The van der Waals surface area contributed by atoms with Gasteiger partial charge in [0.05, 0.1) is 6.61 Å². The number of alkyl halides is 1. The van der Waals surface area contributed by atoms with Crippen LogP contribution in [0.3, 0.4) is 0 Å². The van der Waals surface area contributed by atoms with Crippen molar-refractivity contribution in [3.8, 4) is 0 Å². The lowest BCUT2D eigenvalue weighted by Gasteiger charge is -2.14. The highest BCUT2D eigenvalue weighted by Crippen LogP contribution is 2.37. The van der Waals surface area contributed by atoms with Gasteiger partial charge in [0.2, 0.25) is 6.36 Å². The zero-order chi connectivity index (χ0) is 10.9. The van der Waals surface area contributed by atoms with Crippen molar-refractivity contribution in [2.45, 2.75) is 24.7 Å². The van der Waals surface area contributed by atoms with E-state index < -0.39 is 39.1 Å². The molecule has 0 saturated carbocycles. The highest BCUT2D eigenvalue weighted by atomic mass is 31.2. The molecule has 1 unspecified atom stereocenters. The maximum absolute atomic E-state index is 12.6. The molecule has 4 atom stereocenters. The first kappa shape index (κ1) is 12.0. The average Bonchev–Trinajstić information content (AvgIpc) is 2.28. The third-order valence-electron chi connectivity index (χ3n) is 1.71. The van der Waals surface area contributed by atoms with Crippen molar-refractivity contribution in [1.29, 1.82) is 0 Å². The molecule has 1 saturated heterocycles. The highest BCUT2D eigenvalue weighted by Gasteiger charge is 2.43. The van der Waals surface area contributed by atoms with Crippen molar-refractivity contribution >= 4 is 7.82 Å². The predicted octanol–water partition coefficient (Wildman–Crippen LogP) is -1.49. The Balaban J connectivity index is 2.44. The van der Waals surface area contributed by atoms with Gasteiger partial charge in [-0.15, -0.1) is 0 Å². The zero-order valence-corrected chi connectivity index (χ0v) is 7.75. The van der Waals surface area contributed by atoms with Crippen LogP contribution in [0.5, 0.6) is 0 Å². The van der Waals surface area contributed by atoms with E-state index in [0.29, 0.717) is 0 Å². The minimum Gasteiger partial charge on any atom is -0.387 e. The maximum atomic E-state index is 12.6. The molecule has 0 spiro atoms. The normalized spacial score (nSPS) is 38.9. The second-order valence-corrected chi connectivity index (χ2v) is 4.03. The van der Waals surface area contributed by atoms with Crippen LogP contribution in [0.1, 0.15) is 0 Å². The highest BCUT2D eigenvalue weighted by molar-refractivity contribution is 7.46. The molecule has 7 nitrogen and oxygen atoms in total. The summed E-state index contributed by atoms with van der Waals surface area (Å²) in [5, 5.41) is 17.9. The molecule has 4 N–H and O–H groups in total. The topological polar surface area (TPSA) is 116 Å². The summed E-state index contributed by atoms with van der Waals surface area (Å²) < 4.78 is 31.1. The molecular formula is C5H10FO7P. The number of hydrogen-bond acceptors (Lipinski definition) is 5. The lowest BCUT2D eigenvalue weighted by molar-refractivity contribution is -0.0816. The second-order valence-electron chi connectivity index (χ2n) is 2.79. The molecule has 84 valence electrons. The molecule has 0 aliphatic carbocycles. The number of aliphatic hydroxyl groups is 2. The summed E-state index contributed by atoms with van der Waals surface area (Å²) in [7, 11) is -4.68.